The van der Waals surface area contributed by atoms with Crippen molar-refractivity contribution in [3.63, 3.8) is 0 Å². The Bertz CT molecular complexity index is 2870. The highest BCUT2D eigenvalue weighted by Gasteiger charge is 2.11. The molecule has 0 radical (unpaired) electrons. The standard InChI is InChI=1S/C54H36N4/c1-2-10-44-43(9-1)51-45-11-3-4-12-46(45)52(44)56-40-27-19-36(20-28-40)34-38-23-31-42(32-24-38)58-54-49-15-7-5-13-47(49)53(48-14-6-8-16-50(48)54)57-41-29-21-37(22-30-41)33-35-17-25-39(55-51)26-18-35/h1-32H,33-34H2. The summed E-state index contributed by atoms with van der Waals surface area (Å²) in [6.45, 7) is 0. The van der Waals surface area contributed by atoms with E-state index in [2.05, 4.69) is 194 Å². The van der Waals surface area contributed by atoms with E-state index in [1.807, 2.05) is 0 Å². The minimum absolute atomic E-state index is 0.812. The van der Waals surface area contributed by atoms with Gasteiger partial charge in [-0.1, -0.05) is 146 Å². The quantitative estimate of drug-likeness (QED) is 0.139. The van der Waals surface area contributed by atoms with Crippen molar-refractivity contribution in [1.82, 2.24) is 0 Å². The number of rotatable bonds is 0. The second-order valence-corrected chi connectivity index (χ2v) is 15.0. The second kappa shape index (κ2) is 14.2. The van der Waals surface area contributed by atoms with Crippen molar-refractivity contribution in [3.8, 4) is 0 Å². The molecule has 14 aliphatic heterocycles. The molecule has 0 N–H and O–H groups in total. The van der Waals surface area contributed by atoms with E-state index in [9.17, 15) is 0 Å². The van der Waals surface area contributed by atoms with Crippen LogP contribution in [0.25, 0.3) is 43.1 Å². The summed E-state index contributed by atoms with van der Waals surface area (Å²) < 4.78 is 0. The Morgan fingerprint density at radius 2 is 0.379 bits per heavy atom. The Morgan fingerprint density at radius 3 is 0.552 bits per heavy atom. The summed E-state index contributed by atoms with van der Waals surface area (Å²) in [5.74, 6) is 0. The first-order valence-electron chi connectivity index (χ1n) is 19.8. The molecule has 0 atom stereocenters. The molecule has 14 aliphatic rings. The number of fused-ring (bicyclic) bond motifs is 1. The summed E-state index contributed by atoms with van der Waals surface area (Å²) in [5.41, 5.74) is 8.57. The summed E-state index contributed by atoms with van der Waals surface area (Å²) in [7, 11) is 0. The van der Waals surface area contributed by atoms with Gasteiger partial charge >= 0.3 is 0 Å². The Hall–Kier alpha value is -7.56. The molecular weight excluding hydrogens is 705 g/mol. The van der Waals surface area contributed by atoms with E-state index in [-0.39, 0.29) is 0 Å². The third-order valence-electron chi connectivity index (χ3n) is 11.3. The summed E-state index contributed by atoms with van der Waals surface area (Å²) in [6.07, 6.45) is 1.62. The molecule has 0 aromatic heterocycles. The molecule has 10 aromatic carbocycles. The average Bonchev–Trinajstić information content (AvgIpc) is 3.28. The molecule has 0 aliphatic carbocycles. The van der Waals surface area contributed by atoms with Crippen LogP contribution in [0.5, 0.6) is 0 Å². The fourth-order valence-electron chi connectivity index (χ4n) is 8.39. The van der Waals surface area contributed by atoms with Gasteiger partial charge in [0.2, 0.25) is 0 Å². The predicted molar refractivity (Wildman–Crippen MR) is 238 cm³/mol. The summed E-state index contributed by atoms with van der Waals surface area (Å²) >= 11 is 0. The van der Waals surface area contributed by atoms with Crippen molar-refractivity contribution in [2.75, 3.05) is 0 Å². The Morgan fingerprint density at radius 1 is 0.207 bits per heavy atom. The molecule has 10 aromatic rings. The Balaban J connectivity index is 1.10. The fraction of sp³-hybridized carbons (Fsp3) is 0.0370. The van der Waals surface area contributed by atoms with Crippen molar-refractivity contribution in [2.45, 2.75) is 12.8 Å². The Labute approximate surface area is 335 Å². The molecule has 4 heteroatoms. The van der Waals surface area contributed by atoms with E-state index in [0.29, 0.717) is 0 Å². The van der Waals surface area contributed by atoms with Crippen LogP contribution in [0.4, 0.5) is 22.7 Å². The fourth-order valence-corrected chi connectivity index (χ4v) is 8.39. The molecule has 0 spiro atoms. The van der Waals surface area contributed by atoms with Gasteiger partial charge in [-0.25, -0.2) is 20.0 Å². The number of benzene rings is 10. The molecular formula is C54H36N4. The number of hydrogen-bond acceptors (Lipinski definition) is 4. The van der Waals surface area contributed by atoms with Crippen molar-refractivity contribution in [3.05, 3.63) is 238 Å². The highest BCUT2D eigenvalue weighted by molar-refractivity contribution is 5.99. The summed E-state index contributed by atoms with van der Waals surface area (Å²) in [5, 5.41) is 12.5. The van der Waals surface area contributed by atoms with E-state index in [1.54, 1.807) is 0 Å². The SMILES string of the molecule is c1ccc2c3c4ccccc4c(c2c1)=Nc1ccc(cc1)Cc1ccc(cc1)N=c1c2ccccc2c(c2ccccc12)=Nc1ccc(cc1)Cc1ccc(cc1)N=3. The molecule has 4 nitrogen and oxygen atoms in total. The zero-order valence-corrected chi connectivity index (χ0v) is 31.7. The minimum atomic E-state index is 0.812. The van der Waals surface area contributed by atoms with Gasteiger partial charge in [0.1, 0.15) is 0 Å². The molecule has 58 heavy (non-hydrogen) atoms. The highest BCUT2D eigenvalue weighted by Crippen LogP contribution is 2.24. The zero-order valence-electron chi connectivity index (χ0n) is 31.7. The van der Waals surface area contributed by atoms with E-state index in [1.165, 1.54) is 22.3 Å². The van der Waals surface area contributed by atoms with Gasteiger partial charge in [0.05, 0.1) is 44.2 Å². The topological polar surface area (TPSA) is 49.4 Å². The van der Waals surface area contributed by atoms with E-state index in [0.717, 1.165) is 100 Å². The first kappa shape index (κ1) is 33.8. The molecule has 24 rings (SSSR count). The molecule has 0 saturated heterocycles. The predicted octanol–water partition coefficient (Wildman–Crippen LogP) is 11.6. The van der Waals surface area contributed by atoms with Gasteiger partial charge in [-0.05, 0) is 83.6 Å². The van der Waals surface area contributed by atoms with Crippen LogP contribution in [-0.4, -0.2) is 0 Å². The molecule has 0 fully saturated rings. The number of hydrogen-bond donors (Lipinski definition) is 0. The van der Waals surface area contributed by atoms with Crippen molar-refractivity contribution >= 4 is 65.8 Å². The maximum atomic E-state index is 5.29. The van der Waals surface area contributed by atoms with Crippen molar-refractivity contribution in [1.29, 1.82) is 0 Å². The maximum absolute atomic E-state index is 5.29. The van der Waals surface area contributed by atoms with E-state index < -0.39 is 0 Å². The zero-order chi connectivity index (χ0) is 38.4. The lowest BCUT2D eigenvalue weighted by molar-refractivity contribution is 1.18. The van der Waals surface area contributed by atoms with Crippen LogP contribution in [0, 0.1) is 0 Å². The van der Waals surface area contributed by atoms with Crippen LogP contribution in [0.15, 0.2) is 214 Å². The summed E-state index contributed by atoms with van der Waals surface area (Å²) in [4.78, 5) is 21.2. The van der Waals surface area contributed by atoms with Crippen LogP contribution in [0.2, 0.25) is 0 Å². The number of nitrogens with zero attached hydrogens (tertiary/aromatic N) is 4. The monoisotopic (exact) mass is 740 g/mol. The largest absolute Gasteiger partial charge is 0.248 e. The van der Waals surface area contributed by atoms with Crippen molar-refractivity contribution in [2.24, 2.45) is 20.0 Å². The lowest BCUT2D eigenvalue weighted by atomic mass is 10.0. The molecule has 14 heterocycles. The van der Waals surface area contributed by atoms with Gasteiger partial charge in [0.15, 0.2) is 0 Å². The highest BCUT2D eigenvalue weighted by atomic mass is 14.8. The van der Waals surface area contributed by atoms with Crippen LogP contribution in [0.1, 0.15) is 22.3 Å². The van der Waals surface area contributed by atoms with Gasteiger partial charge in [0, 0.05) is 43.1 Å². The van der Waals surface area contributed by atoms with E-state index >= 15 is 0 Å². The molecule has 0 saturated carbocycles. The van der Waals surface area contributed by atoms with Gasteiger partial charge in [-0.2, -0.15) is 0 Å². The second-order valence-electron chi connectivity index (χ2n) is 15.0. The van der Waals surface area contributed by atoms with E-state index in [4.69, 9.17) is 20.0 Å². The smallest absolute Gasteiger partial charge is 0.0795 e. The molecule has 0 unspecified atom stereocenters. The van der Waals surface area contributed by atoms with Crippen LogP contribution >= 0.6 is 0 Å². The first-order chi connectivity index (χ1) is 28.7. The lowest BCUT2D eigenvalue weighted by Gasteiger charge is -2.09. The lowest BCUT2D eigenvalue weighted by Crippen LogP contribution is -2.15. The van der Waals surface area contributed by atoms with Gasteiger partial charge < -0.3 is 0 Å². The average molecular weight is 741 g/mol. The van der Waals surface area contributed by atoms with Crippen LogP contribution < -0.4 is 21.4 Å². The third kappa shape index (κ3) is 6.22. The van der Waals surface area contributed by atoms with Crippen molar-refractivity contribution < 1.29 is 0 Å². The van der Waals surface area contributed by atoms with Crippen LogP contribution in [-0.2, 0) is 12.8 Å². The van der Waals surface area contributed by atoms with Gasteiger partial charge in [-0.15, -0.1) is 0 Å². The molecule has 0 amide bonds. The van der Waals surface area contributed by atoms with Gasteiger partial charge in [0.25, 0.3) is 0 Å². The maximum Gasteiger partial charge on any atom is 0.0795 e. The molecule has 12 bridgehead atoms. The van der Waals surface area contributed by atoms with Gasteiger partial charge in [-0.3, -0.25) is 0 Å². The van der Waals surface area contributed by atoms with Crippen LogP contribution in [0.3, 0.4) is 0 Å². The normalized spacial score (nSPS) is 12.6. The Kier molecular flexibility index (Phi) is 8.25. The first-order valence-corrected chi connectivity index (χ1v) is 19.8. The minimum Gasteiger partial charge on any atom is -0.248 e. The third-order valence-corrected chi connectivity index (χ3v) is 11.3. The summed E-state index contributed by atoms with van der Waals surface area (Å²) in [6, 6.07) is 68.5. The molecule has 272 valence electrons.